The molecule has 0 spiro atoms. The van der Waals surface area contributed by atoms with Gasteiger partial charge in [0.15, 0.2) is 0 Å². The lowest BCUT2D eigenvalue weighted by molar-refractivity contribution is -0.137. The summed E-state index contributed by atoms with van der Waals surface area (Å²) in [5.41, 5.74) is 4.79. The van der Waals surface area contributed by atoms with Crippen molar-refractivity contribution >= 4 is 18.0 Å². The van der Waals surface area contributed by atoms with Crippen molar-refractivity contribution in [3.8, 4) is 11.1 Å². The third kappa shape index (κ3) is 7.61. The number of carboxylic acid groups (broad SMARTS) is 1. The van der Waals surface area contributed by atoms with Crippen LogP contribution in [-0.4, -0.2) is 42.8 Å². The molecule has 0 aromatic heterocycles. The van der Waals surface area contributed by atoms with Crippen molar-refractivity contribution in [2.24, 2.45) is 0 Å². The number of carboxylic acids is 1. The van der Waals surface area contributed by atoms with E-state index in [1.807, 2.05) is 24.3 Å². The van der Waals surface area contributed by atoms with E-state index in [1.54, 1.807) is 0 Å². The van der Waals surface area contributed by atoms with Gasteiger partial charge >= 0.3 is 12.1 Å². The monoisotopic (exact) mass is 466 g/mol. The van der Waals surface area contributed by atoms with Crippen LogP contribution < -0.4 is 10.6 Å². The highest BCUT2D eigenvalue weighted by molar-refractivity contribution is 5.79. The largest absolute Gasteiger partial charge is 0.481 e. The summed E-state index contributed by atoms with van der Waals surface area (Å²) in [6, 6.07) is 16.5. The molecule has 34 heavy (non-hydrogen) atoms. The van der Waals surface area contributed by atoms with Crippen molar-refractivity contribution in [1.29, 1.82) is 0 Å². The molecule has 0 bridgehead atoms. The van der Waals surface area contributed by atoms with Crippen LogP contribution in [0.4, 0.5) is 4.79 Å². The average molecular weight is 467 g/mol. The Bertz CT molecular complexity index is 929. The van der Waals surface area contributed by atoms with Gasteiger partial charge in [-0.15, -0.1) is 0 Å². The Kier molecular flexibility index (Phi) is 9.95. The Labute approximate surface area is 200 Å². The molecule has 0 unspecified atom stereocenters. The van der Waals surface area contributed by atoms with E-state index in [9.17, 15) is 14.4 Å². The first-order valence-electron chi connectivity index (χ1n) is 12.1. The van der Waals surface area contributed by atoms with Crippen LogP contribution in [0.15, 0.2) is 48.5 Å². The standard InChI is InChI=1S/C27H34N2O5/c30-25(28-17-9-2-4-16-26(31)32)15-3-1-10-18-29-27(33)34-19-24-22-13-7-5-11-20(22)21-12-6-8-14-23(21)24/h5-8,11-14,24H,1-4,9-10,15-19H2,(H,28,30)(H,29,33)(H,31,32). The molecule has 3 rings (SSSR count). The Hall–Kier alpha value is -3.35. The average Bonchev–Trinajstić information content (AvgIpc) is 3.15. The van der Waals surface area contributed by atoms with Gasteiger partial charge in [0.1, 0.15) is 6.61 Å². The van der Waals surface area contributed by atoms with E-state index in [1.165, 1.54) is 22.3 Å². The van der Waals surface area contributed by atoms with Gasteiger partial charge in [-0.1, -0.05) is 61.4 Å². The van der Waals surface area contributed by atoms with Gasteiger partial charge in [-0.3, -0.25) is 9.59 Å². The molecule has 0 radical (unpaired) electrons. The molecule has 2 amide bonds. The molecule has 7 heteroatoms. The molecule has 7 nitrogen and oxygen atoms in total. The predicted octanol–water partition coefficient (Wildman–Crippen LogP) is 4.85. The number of aliphatic carboxylic acids is 1. The minimum Gasteiger partial charge on any atom is -0.481 e. The fraction of sp³-hybridized carbons (Fsp3) is 0.444. The minimum atomic E-state index is -0.780. The summed E-state index contributed by atoms with van der Waals surface area (Å²) in [5.74, 6) is -0.714. The maximum atomic E-state index is 12.2. The molecule has 0 saturated carbocycles. The number of alkyl carbamates (subject to hydrolysis) is 1. The first-order valence-corrected chi connectivity index (χ1v) is 12.1. The summed E-state index contributed by atoms with van der Waals surface area (Å²) < 4.78 is 5.52. The Balaban J connectivity index is 1.24. The molecule has 3 N–H and O–H groups in total. The number of carbonyl (C=O) groups excluding carboxylic acids is 2. The molecule has 182 valence electrons. The second kappa shape index (κ2) is 13.4. The van der Waals surface area contributed by atoms with Crippen LogP contribution in [0.3, 0.4) is 0 Å². The van der Waals surface area contributed by atoms with Gasteiger partial charge in [0.25, 0.3) is 0 Å². The number of benzene rings is 2. The third-order valence-electron chi connectivity index (χ3n) is 6.08. The molecular weight excluding hydrogens is 432 g/mol. The van der Waals surface area contributed by atoms with Gasteiger partial charge in [-0.05, 0) is 47.9 Å². The third-order valence-corrected chi connectivity index (χ3v) is 6.08. The summed E-state index contributed by atoms with van der Waals surface area (Å²) >= 11 is 0. The van der Waals surface area contributed by atoms with Gasteiger partial charge in [-0.25, -0.2) is 4.79 Å². The lowest BCUT2D eigenvalue weighted by atomic mass is 9.98. The van der Waals surface area contributed by atoms with E-state index < -0.39 is 12.1 Å². The number of carbonyl (C=O) groups is 3. The number of unbranched alkanes of at least 4 members (excludes halogenated alkanes) is 4. The zero-order chi connectivity index (χ0) is 24.2. The number of amides is 2. The summed E-state index contributed by atoms with van der Waals surface area (Å²) in [4.78, 5) is 34.4. The van der Waals surface area contributed by atoms with Crippen molar-refractivity contribution in [3.05, 3.63) is 59.7 Å². The fourth-order valence-electron chi connectivity index (χ4n) is 4.32. The molecule has 0 heterocycles. The maximum absolute atomic E-state index is 12.2. The number of hydrogen-bond donors (Lipinski definition) is 3. The smallest absolute Gasteiger partial charge is 0.407 e. The van der Waals surface area contributed by atoms with Crippen LogP contribution >= 0.6 is 0 Å². The highest BCUT2D eigenvalue weighted by Gasteiger charge is 2.28. The van der Waals surface area contributed by atoms with Crippen LogP contribution in [0.5, 0.6) is 0 Å². The van der Waals surface area contributed by atoms with Gasteiger partial charge in [0.05, 0.1) is 0 Å². The molecule has 0 fully saturated rings. The lowest BCUT2D eigenvalue weighted by Gasteiger charge is -2.14. The van der Waals surface area contributed by atoms with E-state index in [-0.39, 0.29) is 18.2 Å². The second-order valence-corrected chi connectivity index (χ2v) is 8.62. The van der Waals surface area contributed by atoms with Gasteiger partial charge in [0, 0.05) is 31.8 Å². The van der Waals surface area contributed by atoms with E-state index in [0.717, 1.165) is 32.1 Å². The van der Waals surface area contributed by atoms with Crippen LogP contribution in [-0.2, 0) is 14.3 Å². The molecule has 2 aromatic carbocycles. The minimum absolute atomic E-state index is 0.0164. The van der Waals surface area contributed by atoms with Crippen molar-refractivity contribution in [3.63, 3.8) is 0 Å². The van der Waals surface area contributed by atoms with Crippen LogP contribution in [0.1, 0.15) is 68.4 Å². The van der Waals surface area contributed by atoms with Crippen LogP contribution in [0, 0.1) is 0 Å². The summed E-state index contributed by atoms with van der Waals surface area (Å²) in [6.45, 7) is 1.40. The first kappa shape index (κ1) is 25.3. The second-order valence-electron chi connectivity index (χ2n) is 8.62. The van der Waals surface area contributed by atoms with Gasteiger partial charge < -0.3 is 20.5 Å². The fourth-order valence-corrected chi connectivity index (χ4v) is 4.32. The van der Waals surface area contributed by atoms with E-state index >= 15 is 0 Å². The quantitative estimate of drug-likeness (QED) is 0.345. The van der Waals surface area contributed by atoms with E-state index in [4.69, 9.17) is 9.84 Å². The molecule has 0 aliphatic heterocycles. The predicted molar refractivity (Wildman–Crippen MR) is 131 cm³/mol. The Morgan fingerprint density at radius 1 is 0.735 bits per heavy atom. The number of rotatable bonds is 14. The summed E-state index contributed by atoms with van der Waals surface area (Å²) in [5, 5.41) is 14.2. The Morgan fingerprint density at radius 2 is 1.29 bits per heavy atom. The van der Waals surface area contributed by atoms with E-state index in [2.05, 4.69) is 34.9 Å². The van der Waals surface area contributed by atoms with Crippen molar-refractivity contribution < 1.29 is 24.2 Å². The summed E-state index contributed by atoms with van der Waals surface area (Å²) in [7, 11) is 0. The molecule has 0 atom stereocenters. The Morgan fingerprint density at radius 3 is 1.91 bits per heavy atom. The topological polar surface area (TPSA) is 105 Å². The number of nitrogens with one attached hydrogen (secondary N) is 2. The van der Waals surface area contributed by atoms with Gasteiger partial charge in [0.2, 0.25) is 5.91 Å². The zero-order valence-corrected chi connectivity index (χ0v) is 19.6. The number of fused-ring (bicyclic) bond motifs is 3. The normalized spacial score (nSPS) is 12.0. The highest BCUT2D eigenvalue weighted by Crippen LogP contribution is 2.44. The maximum Gasteiger partial charge on any atom is 0.407 e. The summed E-state index contributed by atoms with van der Waals surface area (Å²) in [6.07, 6.45) is 4.85. The number of ether oxygens (including phenoxy) is 1. The van der Waals surface area contributed by atoms with Gasteiger partial charge in [-0.2, -0.15) is 0 Å². The van der Waals surface area contributed by atoms with E-state index in [0.29, 0.717) is 32.5 Å². The molecule has 1 aliphatic rings. The lowest BCUT2D eigenvalue weighted by Crippen LogP contribution is -2.27. The molecule has 1 aliphatic carbocycles. The zero-order valence-electron chi connectivity index (χ0n) is 19.6. The molecule has 2 aromatic rings. The highest BCUT2D eigenvalue weighted by atomic mass is 16.5. The molecular formula is C27H34N2O5. The first-order chi connectivity index (χ1) is 16.6. The van der Waals surface area contributed by atoms with Crippen LogP contribution in [0.2, 0.25) is 0 Å². The van der Waals surface area contributed by atoms with Crippen molar-refractivity contribution in [2.45, 2.75) is 57.3 Å². The van der Waals surface area contributed by atoms with Crippen LogP contribution in [0.25, 0.3) is 11.1 Å². The van der Waals surface area contributed by atoms with Crippen molar-refractivity contribution in [2.75, 3.05) is 19.7 Å². The number of hydrogen-bond acceptors (Lipinski definition) is 4. The van der Waals surface area contributed by atoms with Crippen molar-refractivity contribution in [1.82, 2.24) is 10.6 Å². The SMILES string of the molecule is O=C(O)CCCCCNC(=O)CCCCCNC(=O)OCC1c2ccccc2-c2ccccc21. The molecule has 0 saturated heterocycles.